The first-order valence-corrected chi connectivity index (χ1v) is 10.3. The number of H-pyrrole nitrogens is 1. The van der Waals surface area contributed by atoms with Gasteiger partial charge in [-0.3, -0.25) is 4.79 Å². The monoisotopic (exact) mass is 381 g/mol. The number of nitrogens with zero attached hydrogens (tertiary/aromatic N) is 4. The van der Waals surface area contributed by atoms with E-state index in [0.29, 0.717) is 6.61 Å². The van der Waals surface area contributed by atoms with E-state index in [1.54, 1.807) is 0 Å². The van der Waals surface area contributed by atoms with E-state index >= 15 is 0 Å². The number of hydrogen-bond acceptors (Lipinski definition) is 5. The highest BCUT2D eigenvalue weighted by atomic mass is 16.5. The third-order valence-electron chi connectivity index (χ3n) is 5.59. The fourth-order valence-electron chi connectivity index (χ4n) is 4.00. The van der Waals surface area contributed by atoms with E-state index in [1.165, 1.54) is 44.6 Å². The van der Waals surface area contributed by atoms with Gasteiger partial charge in [0, 0.05) is 29.9 Å². The van der Waals surface area contributed by atoms with Crippen molar-refractivity contribution in [1.29, 1.82) is 0 Å². The maximum Gasteiger partial charge on any atom is 0.248 e. The maximum atomic E-state index is 11.4. The van der Waals surface area contributed by atoms with Crippen LogP contribution in [0.5, 0.6) is 5.75 Å². The second-order valence-corrected chi connectivity index (χ2v) is 7.63. The summed E-state index contributed by atoms with van der Waals surface area (Å²) in [5.74, 6) is 2.57. The summed E-state index contributed by atoms with van der Waals surface area (Å²) in [5, 5.41) is 13.2. The van der Waals surface area contributed by atoms with Gasteiger partial charge in [-0.25, -0.2) is 4.68 Å². The summed E-state index contributed by atoms with van der Waals surface area (Å²) >= 11 is 0. The molecule has 2 aromatic heterocycles. The molecule has 0 unspecified atom stereocenters. The summed E-state index contributed by atoms with van der Waals surface area (Å²) in [7, 11) is 0. The van der Waals surface area contributed by atoms with Gasteiger partial charge in [0.15, 0.2) is 5.82 Å². The first-order valence-electron chi connectivity index (χ1n) is 10.3. The average molecular weight is 381 g/mol. The minimum Gasteiger partial charge on any atom is -0.494 e. The van der Waals surface area contributed by atoms with Crippen LogP contribution in [0.3, 0.4) is 0 Å². The minimum absolute atomic E-state index is 0.0950. The number of ether oxygens (including phenoxy) is 1. The van der Waals surface area contributed by atoms with Crippen LogP contribution in [0, 0.1) is 5.92 Å². The lowest BCUT2D eigenvalue weighted by Gasteiger charge is -2.21. The van der Waals surface area contributed by atoms with Crippen molar-refractivity contribution in [3.63, 3.8) is 0 Å². The molecule has 1 aliphatic rings. The van der Waals surface area contributed by atoms with E-state index in [0.717, 1.165) is 47.8 Å². The summed E-state index contributed by atoms with van der Waals surface area (Å²) in [6.07, 6.45) is 9.67. The van der Waals surface area contributed by atoms with Gasteiger partial charge in [0.2, 0.25) is 5.56 Å². The SMILES string of the molecule is O=c1ccc2cc(OCCCc3nnnn3CCC3CCCCC3)ccc2[nH]1. The summed E-state index contributed by atoms with van der Waals surface area (Å²) in [5.41, 5.74) is 0.722. The smallest absolute Gasteiger partial charge is 0.248 e. The molecule has 1 aliphatic carbocycles. The highest BCUT2D eigenvalue weighted by molar-refractivity contribution is 5.79. The number of rotatable bonds is 8. The van der Waals surface area contributed by atoms with E-state index in [2.05, 4.69) is 20.5 Å². The normalized spacial score (nSPS) is 15.1. The number of aryl methyl sites for hydroxylation is 2. The van der Waals surface area contributed by atoms with Gasteiger partial charge in [-0.2, -0.15) is 0 Å². The van der Waals surface area contributed by atoms with Crippen LogP contribution in [0.25, 0.3) is 10.9 Å². The van der Waals surface area contributed by atoms with Crippen LogP contribution in [0.2, 0.25) is 0 Å². The molecule has 7 heteroatoms. The number of nitrogens with one attached hydrogen (secondary N) is 1. The Balaban J connectivity index is 1.25. The predicted octanol–water partition coefficient (Wildman–Crippen LogP) is 3.50. The summed E-state index contributed by atoms with van der Waals surface area (Å²) in [6, 6.07) is 9.03. The van der Waals surface area contributed by atoms with E-state index in [9.17, 15) is 4.79 Å². The van der Waals surface area contributed by atoms with Crippen molar-refractivity contribution in [1.82, 2.24) is 25.2 Å². The molecule has 28 heavy (non-hydrogen) atoms. The number of aromatic amines is 1. The number of hydrogen-bond donors (Lipinski definition) is 1. The molecule has 1 aromatic carbocycles. The minimum atomic E-state index is -0.0950. The quantitative estimate of drug-likeness (QED) is 0.604. The van der Waals surface area contributed by atoms with Crippen molar-refractivity contribution < 1.29 is 4.74 Å². The second-order valence-electron chi connectivity index (χ2n) is 7.63. The summed E-state index contributed by atoms with van der Waals surface area (Å²) < 4.78 is 7.83. The zero-order chi connectivity index (χ0) is 19.2. The fraction of sp³-hybridized carbons (Fsp3) is 0.524. The van der Waals surface area contributed by atoms with Crippen molar-refractivity contribution in [2.75, 3.05) is 6.61 Å². The third-order valence-corrected chi connectivity index (χ3v) is 5.59. The molecule has 1 fully saturated rings. The van der Waals surface area contributed by atoms with Gasteiger partial charge in [-0.1, -0.05) is 32.1 Å². The number of tetrazole rings is 1. The first-order chi connectivity index (χ1) is 13.8. The van der Waals surface area contributed by atoms with Crippen LogP contribution in [0.4, 0.5) is 0 Å². The fourth-order valence-corrected chi connectivity index (χ4v) is 4.00. The van der Waals surface area contributed by atoms with Gasteiger partial charge in [0.1, 0.15) is 5.75 Å². The van der Waals surface area contributed by atoms with Crippen molar-refractivity contribution >= 4 is 10.9 Å². The van der Waals surface area contributed by atoms with Gasteiger partial charge in [0.25, 0.3) is 0 Å². The lowest BCUT2D eigenvalue weighted by Crippen LogP contribution is -2.13. The largest absolute Gasteiger partial charge is 0.494 e. The van der Waals surface area contributed by atoms with Gasteiger partial charge >= 0.3 is 0 Å². The molecule has 4 rings (SSSR count). The number of aromatic nitrogens is 5. The topological polar surface area (TPSA) is 85.7 Å². The lowest BCUT2D eigenvalue weighted by molar-refractivity contribution is 0.304. The molecule has 2 heterocycles. The Morgan fingerprint density at radius 1 is 1.14 bits per heavy atom. The molecule has 0 aliphatic heterocycles. The predicted molar refractivity (Wildman–Crippen MR) is 107 cm³/mol. The number of fused-ring (bicyclic) bond motifs is 1. The lowest BCUT2D eigenvalue weighted by atomic mass is 9.87. The zero-order valence-corrected chi connectivity index (χ0v) is 16.1. The Bertz CT molecular complexity index is 959. The van der Waals surface area contributed by atoms with Gasteiger partial charge in [-0.05, 0) is 53.5 Å². The first kappa shape index (κ1) is 18.7. The van der Waals surface area contributed by atoms with E-state index < -0.39 is 0 Å². The van der Waals surface area contributed by atoms with Gasteiger partial charge < -0.3 is 9.72 Å². The van der Waals surface area contributed by atoms with Crippen molar-refractivity contribution in [3.05, 3.63) is 46.5 Å². The molecule has 1 saturated carbocycles. The molecular formula is C21H27N5O2. The number of pyridine rings is 1. The maximum absolute atomic E-state index is 11.4. The average Bonchev–Trinajstić information content (AvgIpc) is 3.18. The van der Waals surface area contributed by atoms with Crippen LogP contribution in [-0.4, -0.2) is 31.8 Å². The Morgan fingerprint density at radius 3 is 2.93 bits per heavy atom. The van der Waals surface area contributed by atoms with E-state index in [4.69, 9.17) is 4.74 Å². The van der Waals surface area contributed by atoms with Crippen molar-refractivity contribution in [3.8, 4) is 5.75 Å². The molecule has 0 bridgehead atoms. The molecule has 0 spiro atoms. The van der Waals surface area contributed by atoms with Gasteiger partial charge in [0.05, 0.1) is 6.61 Å². The van der Waals surface area contributed by atoms with E-state index in [-0.39, 0.29) is 5.56 Å². The molecule has 1 N–H and O–H groups in total. The van der Waals surface area contributed by atoms with Crippen molar-refractivity contribution in [2.24, 2.45) is 5.92 Å². The highest BCUT2D eigenvalue weighted by Gasteiger charge is 2.14. The van der Waals surface area contributed by atoms with Crippen LogP contribution >= 0.6 is 0 Å². The molecule has 3 aromatic rings. The molecular weight excluding hydrogens is 354 g/mol. The van der Waals surface area contributed by atoms with Crippen LogP contribution < -0.4 is 10.3 Å². The standard InChI is InChI=1S/C21H27N5O2/c27-21-11-8-17-15-18(9-10-19(17)22-21)28-14-4-7-20-23-24-25-26(20)13-12-16-5-2-1-3-6-16/h8-11,15-16H,1-7,12-14H2,(H,22,27). The van der Waals surface area contributed by atoms with Crippen LogP contribution in [-0.2, 0) is 13.0 Å². The summed E-state index contributed by atoms with van der Waals surface area (Å²) in [6.45, 7) is 1.51. The molecule has 7 nitrogen and oxygen atoms in total. The molecule has 0 radical (unpaired) electrons. The van der Waals surface area contributed by atoms with E-state index in [1.807, 2.05) is 28.9 Å². The Labute approximate surface area is 164 Å². The molecule has 148 valence electrons. The zero-order valence-electron chi connectivity index (χ0n) is 16.1. The van der Waals surface area contributed by atoms with Gasteiger partial charge in [-0.15, -0.1) is 5.10 Å². The van der Waals surface area contributed by atoms with Crippen LogP contribution in [0.1, 0.15) is 50.8 Å². The molecule has 0 atom stereocenters. The number of benzene rings is 1. The Hall–Kier alpha value is -2.70. The Morgan fingerprint density at radius 2 is 2.04 bits per heavy atom. The highest BCUT2D eigenvalue weighted by Crippen LogP contribution is 2.26. The Kier molecular flexibility index (Phi) is 5.99. The van der Waals surface area contributed by atoms with Crippen LogP contribution in [0.15, 0.2) is 35.1 Å². The van der Waals surface area contributed by atoms with Crippen molar-refractivity contribution in [2.45, 2.75) is 57.9 Å². The molecule has 0 saturated heterocycles. The third kappa shape index (κ3) is 4.77. The summed E-state index contributed by atoms with van der Waals surface area (Å²) in [4.78, 5) is 14.2. The second kappa shape index (κ2) is 8.99. The molecule has 0 amide bonds.